The van der Waals surface area contributed by atoms with Gasteiger partial charge < -0.3 is 25.3 Å². The number of amides is 5. The van der Waals surface area contributed by atoms with Crippen LogP contribution in [0.1, 0.15) is 51.0 Å². The second-order valence-corrected chi connectivity index (χ2v) is 8.74. The first-order valence-corrected chi connectivity index (χ1v) is 12.5. The van der Waals surface area contributed by atoms with Gasteiger partial charge in [0.1, 0.15) is 0 Å². The smallest absolute Gasteiger partial charge is 0.317 e. The maximum absolute atomic E-state index is 11.7. The average molecular weight is 512 g/mol. The van der Waals surface area contributed by atoms with E-state index in [1.807, 2.05) is 43.0 Å². The summed E-state index contributed by atoms with van der Waals surface area (Å²) in [7, 11) is 3.38. The van der Waals surface area contributed by atoms with Gasteiger partial charge in [0.25, 0.3) is 0 Å². The molecule has 1 unspecified atom stereocenters. The van der Waals surface area contributed by atoms with Gasteiger partial charge >= 0.3 is 6.03 Å². The van der Waals surface area contributed by atoms with Crippen LogP contribution in [0.25, 0.3) is 0 Å². The summed E-state index contributed by atoms with van der Waals surface area (Å²) in [4.78, 5) is 45.6. The lowest BCUT2D eigenvalue weighted by Crippen LogP contribution is -2.38. The average Bonchev–Trinajstić information content (AvgIpc) is 3.57. The van der Waals surface area contributed by atoms with E-state index >= 15 is 0 Å². The first-order chi connectivity index (χ1) is 16.8. The Hall–Kier alpha value is -2.81. The van der Waals surface area contributed by atoms with Crippen molar-refractivity contribution < 1.29 is 19.2 Å². The summed E-state index contributed by atoms with van der Waals surface area (Å²) in [6.07, 6.45) is 6.81. The Kier molecular flexibility index (Phi) is 18.9. The number of halogens is 1. The minimum absolute atomic E-state index is 0.0453. The molecule has 2 aliphatic heterocycles. The Morgan fingerprint density at radius 2 is 1.69 bits per heavy atom. The molecular weight excluding hydrogens is 470 g/mol. The van der Waals surface area contributed by atoms with Crippen molar-refractivity contribution in [1.29, 1.82) is 0 Å². The Morgan fingerprint density at radius 3 is 2.09 bits per heavy atom. The molecular formula is C25H42ClN5O4. The van der Waals surface area contributed by atoms with Crippen molar-refractivity contribution in [2.24, 2.45) is 0 Å². The molecule has 1 aromatic carbocycles. The highest BCUT2D eigenvalue weighted by Gasteiger charge is 2.26. The zero-order valence-corrected chi connectivity index (χ0v) is 22.3. The molecule has 35 heavy (non-hydrogen) atoms. The number of benzene rings is 1. The highest BCUT2D eigenvalue weighted by Crippen LogP contribution is 2.27. The second-order valence-electron chi connectivity index (χ2n) is 8.31. The lowest BCUT2D eigenvalue weighted by molar-refractivity contribution is -0.117. The number of nitrogens with one attached hydrogen (secondary N) is 2. The molecule has 2 heterocycles. The maximum Gasteiger partial charge on any atom is 0.317 e. The van der Waals surface area contributed by atoms with E-state index < -0.39 is 0 Å². The predicted molar refractivity (Wildman–Crippen MR) is 140 cm³/mol. The van der Waals surface area contributed by atoms with Gasteiger partial charge in [-0.15, -0.1) is 0 Å². The Bertz CT molecular complexity index is 712. The summed E-state index contributed by atoms with van der Waals surface area (Å²) < 4.78 is 0. The fourth-order valence-electron chi connectivity index (χ4n) is 3.27. The third-order valence-corrected chi connectivity index (χ3v) is 5.38. The molecule has 0 spiro atoms. The first kappa shape index (κ1) is 32.2. The summed E-state index contributed by atoms with van der Waals surface area (Å²) in [6.45, 7) is 9.01. The molecule has 2 fully saturated rings. The second kappa shape index (κ2) is 20.6. The highest BCUT2D eigenvalue weighted by molar-refractivity contribution is 6.30. The van der Waals surface area contributed by atoms with Gasteiger partial charge in [-0.3, -0.25) is 14.4 Å². The lowest BCUT2D eigenvalue weighted by Gasteiger charge is -2.16. The largest absolute Gasteiger partial charge is 0.359 e. The van der Waals surface area contributed by atoms with E-state index in [1.165, 1.54) is 23.3 Å². The van der Waals surface area contributed by atoms with E-state index in [2.05, 4.69) is 10.6 Å². The minimum Gasteiger partial charge on any atom is -0.359 e. The summed E-state index contributed by atoms with van der Waals surface area (Å²) in [5.74, 6) is 0.440. The third kappa shape index (κ3) is 15.7. The number of hydrogen-bond acceptors (Lipinski definition) is 4. The van der Waals surface area contributed by atoms with Gasteiger partial charge in [0.05, 0.1) is 0 Å². The number of rotatable bonds is 7. The summed E-state index contributed by atoms with van der Waals surface area (Å²) in [5.41, 5.74) is 1.26. The van der Waals surface area contributed by atoms with Gasteiger partial charge in [0.2, 0.25) is 19.2 Å². The van der Waals surface area contributed by atoms with Crippen LogP contribution >= 0.6 is 11.6 Å². The highest BCUT2D eigenvalue weighted by atomic mass is 35.5. The molecule has 0 radical (unpaired) electrons. The Morgan fingerprint density at radius 1 is 1.09 bits per heavy atom. The predicted octanol–water partition coefficient (Wildman–Crippen LogP) is 2.94. The number of urea groups is 1. The molecule has 9 nitrogen and oxygen atoms in total. The fourth-order valence-corrected chi connectivity index (χ4v) is 3.39. The van der Waals surface area contributed by atoms with Crippen LogP contribution in [0.5, 0.6) is 0 Å². The SMILES string of the molecule is CCCNC=O.CCNC(=O)N1CCC(c2ccc(Cl)cc2)C1.CN(C)C=O.O=CN1CCCC1. The van der Waals surface area contributed by atoms with E-state index in [0.717, 1.165) is 63.4 Å². The van der Waals surface area contributed by atoms with Crippen LogP contribution < -0.4 is 10.6 Å². The maximum atomic E-state index is 11.7. The van der Waals surface area contributed by atoms with Crippen LogP contribution in [-0.4, -0.2) is 93.3 Å². The van der Waals surface area contributed by atoms with Crippen LogP contribution in [0.15, 0.2) is 24.3 Å². The standard InChI is InChI=1S/C13H17ClN2O.C5H9NO.C4H9NO.C3H7NO/c1-2-15-13(17)16-8-7-11(9-16)10-3-5-12(14)6-4-10;7-5-6-3-1-2-4-6;1-2-3-5-4-6;1-4(2)3-5/h3-6,11H,2,7-9H2,1H3,(H,15,17);5H,1-4H2;4H,2-3H2,1H3,(H,5,6);3H,1-2H3. The molecule has 0 bridgehead atoms. The van der Waals surface area contributed by atoms with E-state index in [0.29, 0.717) is 18.9 Å². The van der Waals surface area contributed by atoms with Gasteiger partial charge in [-0.25, -0.2) is 4.79 Å². The summed E-state index contributed by atoms with van der Waals surface area (Å²) >= 11 is 5.86. The van der Waals surface area contributed by atoms with Crippen LogP contribution in [0.4, 0.5) is 4.79 Å². The molecule has 2 saturated heterocycles. The molecule has 198 valence electrons. The number of hydrogen-bond donors (Lipinski definition) is 2. The van der Waals surface area contributed by atoms with Crippen molar-refractivity contribution in [3.8, 4) is 0 Å². The number of carbonyl (C=O) groups excluding carboxylic acids is 4. The lowest BCUT2D eigenvalue weighted by atomic mass is 9.99. The van der Waals surface area contributed by atoms with Crippen molar-refractivity contribution in [2.45, 2.75) is 45.4 Å². The molecule has 1 aromatic rings. The molecule has 2 N–H and O–H groups in total. The molecule has 10 heteroatoms. The molecule has 5 amide bonds. The zero-order chi connectivity index (χ0) is 26.5. The van der Waals surface area contributed by atoms with Crippen LogP contribution in [0, 0.1) is 0 Å². The third-order valence-electron chi connectivity index (χ3n) is 5.12. The topological polar surface area (TPSA) is 102 Å². The van der Waals surface area contributed by atoms with Gasteiger partial charge in [-0.2, -0.15) is 0 Å². The molecule has 0 aromatic heterocycles. The molecule has 3 rings (SSSR count). The molecule has 1 atom stereocenters. The van der Waals surface area contributed by atoms with Crippen molar-refractivity contribution in [3.63, 3.8) is 0 Å². The fraction of sp³-hybridized carbons (Fsp3) is 0.600. The van der Waals surface area contributed by atoms with Crippen molar-refractivity contribution in [2.75, 3.05) is 53.4 Å². The van der Waals surface area contributed by atoms with Crippen LogP contribution in [0.2, 0.25) is 5.02 Å². The first-order valence-electron chi connectivity index (χ1n) is 12.1. The van der Waals surface area contributed by atoms with Crippen molar-refractivity contribution in [3.05, 3.63) is 34.9 Å². The quantitative estimate of drug-likeness (QED) is 0.434. The van der Waals surface area contributed by atoms with E-state index in [-0.39, 0.29) is 6.03 Å². The Labute approximate surface area is 215 Å². The normalized spacial score (nSPS) is 15.7. The number of carbonyl (C=O) groups is 4. The van der Waals surface area contributed by atoms with Gasteiger partial charge in [0, 0.05) is 64.3 Å². The number of likely N-dealkylation sites (tertiary alicyclic amines) is 2. The van der Waals surface area contributed by atoms with E-state index in [4.69, 9.17) is 11.6 Å². The van der Waals surface area contributed by atoms with Gasteiger partial charge in [0.15, 0.2) is 0 Å². The zero-order valence-electron chi connectivity index (χ0n) is 21.5. The van der Waals surface area contributed by atoms with Crippen molar-refractivity contribution >= 4 is 36.9 Å². The van der Waals surface area contributed by atoms with Gasteiger partial charge in [-0.05, 0) is 50.3 Å². The van der Waals surface area contributed by atoms with Crippen LogP contribution in [-0.2, 0) is 14.4 Å². The molecule has 2 aliphatic rings. The monoisotopic (exact) mass is 511 g/mol. The summed E-state index contributed by atoms with van der Waals surface area (Å²) in [5, 5.41) is 6.11. The molecule has 0 saturated carbocycles. The molecule has 0 aliphatic carbocycles. The van der Waals surface area contributed by atoms with Gasteiger partial charge in [-0.1, -0.05) is 30.7 Å². The van der Waals surface area contributed by atoms with E-state index in [1.54, 1.807) is 19.0 Å². The van der Waals surface area contributed by atoms with Crippen molar-refractivity contribution in [1.82, 2.24) is 25.3 Å². The minimum atomic E-state index is 0.0453. The Balaban J connectivity index is 0.000000529. The number of nitrogens with zero attached hydrogens (tertiary/aromatic N) is 3. The van der Waals surface area contributed by atoms with Crippen LogP contribution in [0.3, 0.4) is 0 Å². The summed E-state index contributed by atoms with van der Waals surface area (Å²) in [6, 6.07) is 7.96. The van der Waals surface area contributed by atoms with E-state index in [9.17, 15) is 19.2 Å².